The van der Waals surface area contributed by atoms with Crippen LogP contribution < -0.4 is 5.32 Å². The summed E-state index contributed by atoms with van der Waals surface area (Å²) < 4.78 is 0. The first-order valence-corrected chi connectivity index (χ1v) is 6.91. The third kappa shape index (κ3) is 4.82. The summed E-state index contributed by atoms with van der Waals surface area (Å²) >= 11 is 0. The topological polar surface area (TPSA) is 69.6 Å². The molecule has 110 valence electrons. The average Bonchev–Trinajstić information content (AvgIpc) is 2.67. The number of nitrogens with zero attached hydrogens (tertiary/aromatic N) is 1. The number of amides is 2. The van der Waals surface area contributed by atoms with Gasteiger partial charge in [0, 0.05) is 38.1 Å². The molecule has 0 aromatic heterocycles. The monoisotopic (exact) mass is 270 g/mol. The zero-order valence-electron chi connectivity index (χ0n) is 12.4. The van der Waals surface area contributed by atoms with Gasteiger partial charge in [0.15, 0.2) is 0 Å². The highest BCUT2D eigenvalue weighted by atomic mass is 16.3. The Balaban J connectivity index is 2.45. The van der Waals surface area contributed by atoms with Crippen LogP contribution in [0.15, 0.2) is 0 Å². The van der Waals surface area contributed by atoms with Gasteiger partial charge in [-0.1, -0.05) is 27.7 Å². The Morgan fingerprint density at radius 2 is 2.16 bits per heavy atom. The lowest BCUT2D eigenvalue weighted by Gasteiger charge is -2.23. The number of likely N-dealkylation sites (tertiary alicyclic amines) is 1. The van der Waals surface area contributed by atoms with E-state index < -0.39 is 0 Å². The minimum Gasteiger partial charge on any atom is -0.396 e. The van der Waals surface area contributed by atoms with Crippen molar-refractivity contribution in [3.63, 3.8) is 0 Å². The first-order chi connectivity index (χ1) is 8.75. The predicted molar refractivity (Wildman–Crippen MR) is 73.4 cm³/mol. The highest BCUT2D eigenvalue weighted by molar-refractivity contribution is 5.89. The van der Waals surface area contributed by atoms with E-state index in [0.29, 0.717) is 32.0 Å². The van der Waals surface area contributed by atoms with Gasteiger partial charge in [-0.2, -0.15) is 0 Å². The summed E-state index contributed by atoms with van der Waals surface area (Å²) in [6, 6.07) is 0. The summed E-state index contributed by atoms with van der Waals surface area (Å²) in [6.07, 6.45) is 0.304. The molecule has 1 saturated heterocycles. The molecule has 1 aliphatic rings. The van der Waals surface area contributed by atoms with Crippen LogP contribution in [-0.4, -0.2) is 48.1 Å². The third-order valence-electron chi connectivity index (χ3n) is 3.34. The fourth-order valence-electron chi connectivity index (χ4n) is 2.09. The van der Waals surface area contributed by atoms with Crippen LogP contribution in [0.3, 0.4) is 0 Å². The lowest BCUT2D eigenvalue weighted by Crippen LogP contribution is -2.40. The zero-order valence-corrected chi connectivity index (χ0v) is 12.4. The molecule has 2 N–H and O–H groups in total. The minimum atomic E-state index is -0.324. The van der Waals surface area contributed by atoms with Gasteiger partial charge >= 0.3 is 0 Å². The van der Waals surface area contributed by atoms with Crippen molar-refractivity contribution in [2.45, 2.75) is 34.1 Å². The Hall–Kier alpha value is -1.10. The van der Waals surface area contributed by atoms with Crippen molar-refractivity contribution < 1.29 is 14.7 Å². The van der Waals surface area contributed by atoms with Gasteiger partial charge in [-0.05, 0) is 5.92 Å². The van der Waals surface area contributed by atoms with Gasteiger partial charge in [0.1, 0.15) is 0 Å². The number of aliphatic hydroxyl groups excluding tert-OH is 1. The molecule has 5 nitrogen and oxygen atoms in total. The summed E-state index contributed by atoms with van der Waals surface area (Å²) in [6.45, 7) is 9.58. The average molecular weight is 270 g/mol. The van der Waals surface area contributed by atoms with E-state index in [1.807, 2.05) is 13.8 Å². The molecule has 0 spiro atoms. The number of rotatable bonds is 6. The molecule has 1 heterocycles. The third-order valence-corrected chi connectivity index (χ3v) is 3.34. The maximum atomic E-state index is 12.0. The van der Waals surface area contributed by atoms with E-state index in [-0.39, 0.29) is 29.8 Å². The molecule has 0 aromatic carbocycles. The van der Waals surface area contributed by atoms with Gasteiger partial charge in [-0.15, -0.1) is 0 Å². The minimum absolute atomic E-state index is 0.0242. The molecule has 1 fully saturated rings. The van der Waals surface area contributed by atoms with Crippen LogP contribution in [0.1, 0.15) is 34.1 Å². The number of carbonyl (C=O) groups excluding carboxylic acids is 2. The van der Waals surface area contributed by atoms with Crippen molar-refractivity contribution >= 4 is 11.8 Å². The number of hydrogen-bond acceptors (Lipinski definition) is 3. The van der Waals surface area contributed by atoms with Crippen molar-refractivity contribution in [2.24, 2.45) is 17.3 Å². The lowest BCUT2D eigenvalue weighted by atomic mass is 9.94. The van der Waals surface area contributed by atoms with Gasteiger partial charge in [-0.25, -0.2) is 0 Å². The number of carbonyl (C=O) groups is 2. The number of aliphatic hydroxyl groups is 1. The predicted octanol–water partition coefficient (Wildman–Crippen LogP) is 0.626. The van der Waals surface area contributed by atoms with Gasteiger partial charge in [-0.3, -0.25) is 9.59 Å². The molecule has 0 radical (unpaired) electrons. The van der Waals surface area contributed by atoms with Gasteiger partial charge in [0.25, 0.3) is 0 Å². The Morgan fingerprint density at radius 1 is 1.53 bits per heavy atom. The molecule has 0 bridgehead atoms. The Morgan fingerprint density at radius 3 is 2.68 bits per heavy atom. The fourth-order valence-corrected chi connectivity index (χ4v) is 2.09. The Kier molecular flexibility index (Phi) is 5.35. The van der Waals surface area contributed by atoms with Gasteiger partial charge < -0.3 is 15.3 Å². The SMILES string of the molecule is CC(C)CN1CC(C(=O)NCC(C)(C)CO)CC1=O. The highest BCUT2D eigenvalue weighted by Crippen LogP contribution is 2.20. The van der Waals surface area contributed by atoms with Crippen LogP contribution in [0.4, 0.5) is 0 Å². The van der Waals surface area contributed by atoms with Crippen LogP contribution in [0.25, 0.3) is 0 Å². The highest BCUT2D eigenvalue weighted by Gasteiger charge is 2.34. The van der Waals surface area contributed by atoms with E-state index >= 15 is 0 Å². The van der Waals surface area contributed by atoms with Crippen LogP contribution >= 0.6 is 0 Å². The van der Waals surface area contributed by atoms with Gasteiger partial charge in [0.05, 0.1) is 5.92 Å². The largest absolute Gasteiger partial charge is 0.396 e. The van der Waals surface area contributed by atoms with Crippen molar-refractivity contribution in [2.75, 3.05) is 26.2 Å². The van der Waals surface area contributed by atoms with E-state index in [1.165, 1.54) is 0 Å². The van der Waals surface area contributed by atoms with E-state index in [0.717, 1.165) is 0 Å². The normalized spacial score (nSPS) is 20.2. The van der Waals surface area contributed by atoms with Crippen LogP contribution in [0.5, 0.6) is 0 Å². The van der Waals surface area contributed by atoms with E-state index in [9.17, 15) is 9.59 Å². The molecule has 1 unspecified atom stereocenters. The zero-order chi connectivity index (χ0) is 14.6. The van der Waals surface area contributed by atoms with Crippen molar-refractivity contribution in [1.82, 2.24) is 10.2 Å². The molecule has 1 atom stereocenters. The Bertz CT molecular complexity index is 340. The summed E-state index contributed by atoms with van der Waals surface area (Å²) in [5, 5.41) is 12.0. The molecule has 5 heteroatoms. The maximum Gasteiger partial charge on any atom is 0.225 e. The molecule has 1 rings (SSSR count). The molecule has 0 aliphatic carbocycles. The quantitative estimate of drug-likeness (QED) is 0.743. The van der Waals surface area contributed by atoms with E-state index in [2.05, 4.69) is 19.2 Å². The smallest absolute Gasteiger partial charge is 0.225 e. The van der Waals surface area contributed by atoms with E-state index in [1.54, 1.807) is 4.90 Å². The standard InChI is InChI=1S/C14H26N2O3/c1-10(2)6-16-7-11(5-12(16)18)13(19)15-8-14(3,4)9-17/h10-11,17H,5-9H2,1-4H3,(H,15,19). The van der Waals surface area contributed by atoms with Crippen molar-refractivity contribution in [3.05, 3.63) is 0 Å². The number of hydrogen-bond donors (Lipinski definition) is 2. The molecular formula is C14H26N2O3. The lowest BCUT2D eigenvalue weighted by molar-refractivity contribution is -0.129. The molecule has 19 heavy (non-hydrogen) atoms. The Labute approximate surface area is 115 Å². The van der Waals surface area contributed by atoms with Crippen molar-refractivity contribution in [1.29, 1.82) is 0 Å². The summed E-state index contributed by atoms with van der Waals surface area (Å²) in [5.74, 6) is 0.149. The first kappa shape index (κ1) is 16.0. The summed E-state index contributed by atoms with van der Waals surface area (Å²) in [7, 11) is 0. The molecule has 0 saturated carbocycles. The summed E-state index contributed by atoms with van der Waals surface area (Å²) in [4.78, 5) is 25.6. The number of nitrogens with one attached hydrogen (secondary N) is 1. The molecule has 2 amide bonds. The fraction of sp³-hybridized carbons (Fsp3) is 0.857. The first-order valence-electron chi connectivity index (χ1n) is 6.91. The maximum absolute atomic E-state index is 12.0. The molecular weight excluding hydrogens is 244 g/mol. The molecule has 1 aliphatic heterocycles. The van der Waals surface area contributed by atoms with Crippen molar-refractivity contribution in [3.8, 4) is 0 Å². The van der Waals surface area contributed by atoms with Crippen LogP contribution in [-0.2, 0) is 9.59 Å². The summed E-state index contributed by atoms with van der Waals surface area (Å²) in [5.41, 5.74) is -0.324. The second kappa shape index (κ2) is 6.37. The second-order valence-corrected chi connectivity index (χ2v) is 6.63. The molecule has 0 aromatic rings. The van der Waals surface area contributed by atoms with Crippen LogP contribution in [0, 0.1) is 17.3 Å². The van der Waals surface area contributed by atoms with Crippen LogP contribution in [0.2, 0.25) is 0 Å². The van der Waals surface area contributed by atoms with E-state index in [4.69, 9.17) is 5.11 Å². The second-order valence-electron chi connectivity index (χ2n) is 6.63. The van der Waals surface area contributed by atoms with Gasteiger partial charge in [0.2, 0.25) is 11.8 Å².